The average molecular weight is 445 g/mol. The molecule has 33 heavy (non-hydrogen) atoms. The monoisotopic (exact) mass is 444 g/mol. The summed E-state index contributed by atoms with van der Waals surface area (Å²) < 4.78 is 2.37. The van der Waals surface area contributed by atoms with Gasteiger partial charge in [-0.2, -0.15) is 0 Å². The molecule has 0 unspecified atom stereocenters. The van der Waals surface area contributed by atoms with Crippen LogP contribution in [0.25, 0.3) is 11.2 Å². The van der Waals surface area contributed by atoms with Gasteiger partial charge in [-0.15, -0.1) is 0 Å². The molecule has 1 aromatic carbocycles. The fraction of sp³-hybridized carbons (Fsp3) is 0.440. The zero-order chi connectivity index (χ0) is 22.4. The van der Waals surface area contributed by atoms with Gasteiger partial charge in [0.2, 0.25) is 0 Å². The van der Waals surface area contributed by atoms with Crippen LogP contribution in [0.1, 0.15) is 60.2 Å². The van der Waals surface area contributed by atoms with Crippen molar-refractivity contribution in [1.29, 1.82) is 0 Å². The number of imidazole rings is 1. The molecule has 8 nitrogen and oxygen atoms in total. The Morgan fingerprint density at radius 2 is 1.88 bits per heavy atom. The summed E-state index contributed by atoms with van der Waals surface area (Å²) in [6.45, 7) is 2.66. The molecule has 0 radical (unpaired) electrons. The first-order valence-corrected chi connectivity index (χ1v) is 12.0. The van der Waals surface area contributed by atoms with Crippen molar-refractivity contribution < 1.29 is 9.59 Å². The quantitative estimate of drug-likeness (QED) is 0.665. The minimum Gasteiger partial charge on any atom is -0.338 e. The van der Waals surface area contributed by atoms with Crippen molar-refractivity contribution >= 4 is 28.8 Å². The summed E-state index contributed by atoms with van der Waals surface area (Å²) in [5.41, 5.74) is 3.35. The molecule has 6 rings (SSSR count). The van der Waals surface area contributed by atoms with E-state index in [1.54, 1.807) is 4.90 Å². The van der Waals surface area contributed by atoms with Crippen LogP contribution >= 0.6 is 0 Å². The number of amides is 3. The van der Waals surface area contributed by atoms with E-state index in [1.807, 2.05) is 47.5 Å². The Morgan fingerprint density at radius 3 is 2.61 bits per heavy atom. The summed E-state index contributed by atoms with van der Waals surface area (Å²) in [7, 11) is 0. The number of urea groups is 1. The van der Waals surface area contributed by atoms with E-state index in [9.17, 15) is 9.59 Å². The third kappa shape index (κ3) is 3.53. The lowest BCUT2D eigenvalue weighted by molar-refractivity contribution is 0.0694. The number of carbonyl (C=O) groups is 2. The van der Waals surface area contributed by atoms with Crippen LogP contribution in [0.5, 0.6) is 0 Å². The van der Waals surface area contributed by atoms with E-state index < -0.39 is 0 Å². The summed E-state index contributed by atoms with van der Waals surface area (Å²) in [5, 5.41) is 2.81. The molecule has 2 aromatic heterocycles. The fourth-order valence-corrected chi connectivity index (χ4v) is 5.30. The molecule has 3 aromatic rings. The number of carbonyl (C=O) groups excluding carboxylic acids is 2. The first-order chi connectivity index (χ1) is 16.2. The average Bonchev–Trinajstić information content (AvgIpc) is 3.41. The Kier molecular flexibility index (Phi) is 5.00. The van der Waals surface area contributed by atoms with Gasteiger partial charge in [-0.05, 0) is 56.0 Å². The number of rotatable bonds is 4. The van der Waals surface area contributed by atoms with Crippen molar-refractivity contribution in [3.63, 3.8) is 0 Å². The molecular weight excluding hydrogens is 416 g/mol. The van der Waals surface area contributed by atoms with Gasteiger partial charge in [0, 0.05) is 55.6 Å². The highest BCUT2D eigenvalue weighted by Crippen LogP contribution is 2.40. The minimum atomic E-state index is -0.108. The fourth-order valence-electron chi connectivity index (χ4n) is 5.30. The van der Waals surface area contributed by atoms with Crippen LogP contribution in [0, 0.1) is 0 Å². The lowest BCUT2D eigenvalue weighted by Gasteiger charge is -2.35. The van der Waals surface area contributed by atoms with E-state index in [0.717, 1.165) is 29.7 Å². The summed E-state index contributed by atoms with van der Waals surface area (Å²) >= 11 is 0. The second kappa shape index (κ2) is 8.17. The van der Waals surface area contributed by atoms with Gasteiger partial charge < -0.3 is 14.8 Å². The van der Waals surface area contributed by atoms with Crippen LogP contribution in [0.3, 0.4) is 0 Å². The van der Waals surface area contributed by atoms with Crippen LogP contribution in [0.2, 0.25) is 0 Å². The van der Waals surface area contributed by atoms with E-state index in [1.165, 1.54) is 25.1 Å². The maximum absolute atomic E-state index is 13.3. The number of hydrogen-bond donors (Lipinski definition) is 1. The van der Waals surface area contributed by atoms with Crippen LogP contribution < -0.4 is 10.2 Å². The van der Waals surface area contributed by atoms with Gasteiger partial charge in [-0.3, -0.25) is 9.69 Å². The molecule has 1 saturated carbocycles. The molecule has 0 atom stereocenters. The zero-order valence-electron chi connectivity index (χ0n) is 18.6. The Labute approximate surface area is 192 Å². The van der Waals surface area contributed by atoms with Crippen LogP contribution in [0.4, 0.5) is 10.5 Å². The van der Waals surface area contributed by atoms with E-state index in [4.69, 9.17) is 4.98 Å². The van der Waals surface area contributed by atoms with Crippen LogP contribution in [-0.4, -0.2) is 57.6 Å². The first-order valence-electron chi connectivity index (χ1n) is 12.0. The van der Waals surface area contributed by atoms with Gasteiger partial charge in [0.25, 0.3) is 5.91 Å². The molecule has 4 heterocycles. The second-order valence-electron chi connectivity index (χ2n) is 9.27. The standard InChI is InChI=1S/C25H28N6O2/c32-24(18-6-2-7-20(16-18)30-15-12-27-25(30)33)29-13-9-19(10-14-29)31-22(17-4-1-5-17)28-21-8-3-11-26-23(21)31/h2-3,6-8,11,16-17,19H,1,4-5,9-10,12-15H2,(H,27,33). The molecule has 2 saturated heterocycles. The Morgan fingerprint density at radius 1 is 1.03 bits per heavy atom. The molecule has 2 aliphatic heterocycles. The molecule has 3 fully saturated rings. The lowest BCUT2D eigenvalue weighted by atomic mass is 9.84. The largest absolute Gasteiger partial charge is 0.338 e. The summed E-state index contributed by atoms with van der Waals surface area (Å²) in [6.07, 6.45) is 7.30. The third-order valence-electron chi connectivity index (χ3n) is 7.32. The summed E-state index contributed by atoms with van der Waals surface area (Å²) in [5.74, 6) is 1.74. The molecule has 0 bridgehead atoms. The number of likely N-dealkylation sites (tertiary alicyclic amines) is 1. The first kappa shape index (κ1) is 20.2. The molecular formula is C25H28N6O2. The lowest BCUT2D eigenvalue weighted by Crippen LogP contribution is -2.39. The zero-order valence-corrected chi connectivity index (χ0v) is 18.6. The highest BCUT2D eigenvalue weighted by Gasteiger charge is 2.32. The Balaban J connectivity index is 1.20. The van der Waals surface area contributed by atoms with Gasteiger partial charge in [0.05, 0.1) is 0 Å². The molecule has 1 N–H and O–H groups in total. The summed E-state index contributed by atoms with van der Waals surface area (Å²) in [4.78, 5) is 38.5. The van der Waals surface area contributed by atoms with Gasteiger partial charge in [0.15, 0.2) is 5.65 Å². The van der Waals surface area contributed by atoms with Gasteiger partial charge in [-0.1, -0.05) is 12.5 Å². The number of pyridine rings is 1. The number of hydrogen-bond acceptors (Lipinski definition) is 4. The van der Waals surface area contributed by atoms with E-state index in [0.29, 0.717) is 43.7 Å². The Bertz CT molecular complexity index is 1210. The normalized spacial score (nSPS) is 19.7. The summed E-state index contributed by atoms with van der Waals surface area (Å²) in [6, 6.07) is 11.6. The predicted molar refractivity (Wildman–Crippen MR) is 125 cm³/mol. The smallest absolute Gasteiger partial charge is 0.321 e. The van der Waals surface area contributed by atoms with E-state index in [-0.39, 0.29) is 11.9 Å². The van der Waals surface area contributed by atoms with E-state index >= 15 is 0 Å². The van der Waals surface area contributed by atoms with Crippen molar-refractivity contribution in [2.75, 3.05) is 31.1 Å². The topological polar surface area (TPSA) is 83.4 Å². The minimum absolute atomic E-state index is 0.0303. The predicted octanol–water partition coefficient (Wildman–Crippen LogP) is 3.71. The number of nitrogens with one attached hydrogen (secondary N) is 1. The molecule has 8 heteroatoms. The Hall–Kier alpha value is -3.42. The van der Waals surface area contributed by atoms with Crippen molar-refractivity contribution in [1.82, 2.24) is 24.8 Å². The van der Waals surface area contributed by atoms with Gasteiger partial charge >= 0.3 is 6.03 Å². The van der Waals surface area contributed by atoms with Gasteiger partial charge in [-0.25, -0.2) is 14.8 Å². The molecule has 3 aliphatic rings. The van der Waals surface area contributed by atoms with Crippen LogP contribution in [-0.2, 0) is 0 Å². The van der Waals surface area contributed by atoms with Crippen molar-refractivity contribution in [2.24, 2.45) is 0 Å². The van der Waals surface area contributed by atoms with Crippen molar-refractivity contribution in [3.8, 4) is 0 Å². The highest BCUT2D eigenvalue weighted by atomic mass is 16.2. The van der Waals surface area contributed by atoms with E-state index in [2.05, 4.69) is 14.9 Å². The number of nitrogens with zero attached hydrogens (tertiary/aromatic N) is 5. The molecule has 170 valence electrons. The number of benzene rings is 1. The van der Waals surface area contributed by atoms with Crippen molar-refractivity contribution in [2.45, 2.75) is 44.1 Å². The van der Waals surface area contributed by atoms with Crippen LogP contribution in [0.15, 0.2) is 42.6 Å². The number of piperidine rings is 1. The second-order valence-corrected chi connectivity index (χ2v) is 9.27. The molecule has 0 spiro atoms. The molecule has 1 aliphatic carbocycles. The number of aromatic nitrogens is 3. The maximum Gasteiger partial charge on any atom is 0.321 e. The molecule has 3 amide bonds. The van der Waals surface area contributed by atoms with Crippen molar-refractivity contribution in [3.05, 3.63) is 54.0 Å². The number of anilines is 1. The van der Waals surface area contributed by atoms with Gasteiger partial charge in [0.1, 0.15) is 11.3 Å². The SMILES string of the molecule is O=C(c1cccc(N2CCNC2=O)c1)N1CCC(n2c(C3CCC3)nc3cccnc32)CC1. The third-order valence-corrected chi connectivity index (χ3v) is 7.32. The maximum atomic E-state index is 13.3. The number of fused-ring (bicyclic) bond motifs is 1. The highest BCUT2D eigenvalue weighted by molar-refractivity contribution is 5.98.